The highest BCUT2D eigenvalue weighted by molar-refractivity contribution is 5.74. The second-order valence-corrected chi connectivity index (χ2v) is 5.15. The van der Waals surface area contributed by atoms with E-state index < -0.39 is 5.97 Å². The molecule has 1 rings (SSSR count). The lowest BCUT2D eigenvalue weighted by atomic mass is 10.1. The zero-order valence-corrected chi connectivity index (χ0v) is 11.6. The molecule has 1 aliphatic rings. The zero-order chi connectivity index (χ0) is 14.3. The standard InChI is InChI=1S/C13H24N2O4/c1-9(12(16)17)4-3-7-14-13(18)15-10-5-6-11(8-10)19-2/h9-11H,3-8H2,1-2H3,(H,16,17)(H2,14,15,18). The summed E-state index contributed by atoms with van der Waals surface area (Å²) < 4.78 is 5.24. The Morgan fingerprint density at radius 3 is 2.74 bits per heavy atom. The van der Waals surface area contributed by atoms with E-state index in [1.54, 1.807) is 14.0 Å². The molecule has 1 fully saturated rings. The van der Waals surface area contributed by atoms with Crippen LogP contribution in [-0.4, -0.2) is 42.9 Å². The van der Waals surface area contributed by atoms with Crippen LogP contribution in [0.2, 0.25) is 0 Å². The van der Waals surface area contributed by atoms with Gasteiger partial charge in [-0.3, -0.25) is 4.79 Å². The summed E-state index contributed by atoms with van der Waals surface area (Å²) in [5.74, 6) is -1.15. The van der Waals surface area contributed by atoms with Crippen LogP contribution in [0, 0.1) is 5.92 Å². The van der Waals surface area contributed by atoms with Crippen LogP contribution < -0.4 is 10.6 Å². The van der Waals surface area contributed by atoms with Crippen molar-refractivity contribution in [1.29, 1.82) is 0 Å². The molecule has 3 unspecified atom stereocenters. The van der Waals surface area contributed by atoms with E-state index in [2.05, 4.69) is 10.6 Å². The minimum Gasteiger partial charge on any atom is -0.481 e. The SMILES string of the molecule is COC1CCC(NC(=O)NCCCC(C)C(=O)O)C1. The number of carboxylic acids is 1. The van der Waals surface area contributed by atoms with Crippen molar-refractivity contribution in [2.45, 2.75) is 51.2 Å². The molecule has 6 heteroatoms. The Morgan fingerprint density at radius 1 is 1.42 bits per heavy atom. The summed E-state index contributed by atoms with van der Waals surface area (Å²) in [7, 11) is 1.69. The van der Waals surface area contributed by atoms with Crippen LogP contribution in [0.15, 0.2) is 0 Å². The van der Waals surface area contributed by atoms with Crippen molar-refractivity contribution in [2.24, 2.45) is 5.92 Å². The minimum absolute atomic E-state index is 0.176. The van der Waals surface area contributed by atoms with Gasteiger partial charge in [-0.05, 0) is 32.1 Å². The van der Waals surface area contributed by atoms with Crippen LogP contribution in [0.25, 0.3) is 0 Å². The molecule has 2 amide bonds. The summed E-state index contributed by atoms with van der Waals surface area (Å²) in [6.45, 7) is 2.18. The maximum Gasteiger partial charge on any atom is 0.315 e. The number of hydrogen-bond acceptors (Lipinski definition) is 3. The fourth-order valence-corrected chi connectivity index (χ4v) is 2.26. The number of carbonyl (C=O) groups excluding carboxylic acids is 1. The first-order valence-electron chi connectivity index (χ1n) is 6.83. The molecule has 0 aromatic rings. The van der Waals surface area contributed by atoms with Gasteiger partial charge in [-0.2, -0.15) is 0 Å². The largest absolute Gasteiger partial charge is 0.481 e. The van der Waals surface area contributed by atoms with E-state index in [4.69, 9.17) is 9.84 Å². The number of hydrogen-bond donors (Lipinski definition) is 3. The molecule has 110 valence electrons. The molecule has 0 heterocycles. The second kappa shape index (κ2) is 7.99. The average Bonchev–Trinajstić information content (AvgIpc) is 2.81. The van der Waals surface area contributed by atoms with Crippen molar-refractivity contribution in [2.75, 3.05) is 13.7 Å². The average molecular weight is 272 g/mol. The molecule has 3 atom stereocenters. The van der Waals surface area contributed by atoms with Crippen molar-refractivity contribution in [3.63, 3.8) is 0 Å². The van der Waals surface area contributed by atoms with E-state index in [-0.39, 0.29) is 24.1 Å². The van der Waals surface area contributed by atoms with Gasteiger partial charge >= 0.3 is 12.0 Å². The Morgan fingerprint density at radius 2 is 2.16 bits per heavy atom. The number of ether oxygens (including phenoxy) is 1. The minimum atomic E-state index is -0.791. The maximum absolute atomic E-state index is 11.6. The highest BCUT2D eigenvalue weighted by atomic mass is 16.5. The Balaban J connectivity index is 2.07. The van der Waals surface area contributed by atoms with Gasteiger partial charge in [0.15, 0.2) is 0 Å². The van der Waals surface area contributed by atoms with Crippen LogP contribution in [-0.2, 0) is 9.53 Å². The number of nitrogens with one attached hydrogen (secondary N) is 2. The van der Waals surface area contributed by atoms with Crippen molar-refractivity contribution < 1.29 is 19.4 Å². The quantitative estimate of drug-likeness (QED) is 0.610. The summed E-state index contributed by atoms with van der Waals surface area (Å²) in [6, 6.07) is 0.00706. The molecule has 0 bridgehead atoms. The summed E-state index contributed by atoms with van der Waals surface area (Å²) in [5, 5.41) is 14.4. The van der Waals surface area contributed by atoms with E-state index in [0.717, 1.165) is 19.3 Å². The number of methoxy groups -OCH3 is 1. The first-order chi connectivity index (χ1) is 9.02. The van der Waals surface area contributed by atoms with Crippen molar-refractivity contribution in [3.05, 3.63) is 0 Å². The molecule has 0 aliphatic heterocycles. The van der Waals surface area contributed by atoms with Crippen LogP contribution in [0.4, 0.5) is 4.79 Å². The predicted octanol–water partition coefficient (Wildman–Crippen LogP) is 1.35. The Kier molecular flexibility index (Phi) is 6.62. The monoisotopic (exact) mass is 272 g/mol. The molecule has 0 spiro atoms. The van der Waals surface area contributed by atoms with E-state index in [1.807, 2.05) is 0 Å². The van der Waals surface area contributed by atoms with Gasteiger partial charge in [0.1, 0.15) is 0 Å². The fourth-order valence-electron chi connectivity index (χ4n) is 2.26. The molecule has 0 radical (unpaired) electrons. The molecule has 0 saturated heterocycles. The molecule has 3 N–H and O–H groups in total. The third-order valence-electron chi connectivity index (χ3n) is 3.57. The summed E-state index contributed by atoms with van der Waals surface area (Å²) in [6.07, 6.45) is 4.29. The third kappa shape index (κ3) is 5.92. The highest BCUT2D eigenvalue weighted by Gasteiger charge is 2.25. The van der Waals surface area contributed by atoms with E-state index in [0.29, 0.717) is 19.4 Å². The van der Waals surface area contributed by atoms with Crippen molar-refractivity contribution in [3.8, 4) is 0 Å². The van der Waals surface area contributed by atoms with Gasteiger partial charge in [-0.25, -0.2) is 4.79 Å². The normalized spacial score (nSPS) is 23.9. The lowest BCUT2D eigenvalue weighted by Gasteiger charge is -2.14. The van der Waals surface area contributed by atoms with Crippen molar-refractivity contribution >= 4 is 12.0 Å². The van der Waals surface area contributed by atoms with Crippen LogP contribution in [0.5, 0.6) is 0 Å². The first-order valence-corrected chi connectivity index (χ1v) is 6.83. The van der Waals surface area contributed by atoms with Gasteiger partial charge in [-0.1, -0.05) is 6.92 Å². The molecule has 1 aliphatic carbocycles. The smallest absolute Gasteiger partial charge is 0.315 e. The maximum atomic E-state index is 11.6. The highest BCUT2D eigenvalue weighted by Crippen LogP contribution is 2.21. The topological polar surface area (TPSA) is 87.7 Å². The predicted molar refractivity (Wildman–Crippen MR) is 71.0 cm³/mol. The van der Waals surface area contributed by atoms with Crippen molar-refractivity contribution in [1.82, 2.24) is 10.6 Å². The molecule has 1 saturated carbocycles. The molecule has 19 heavy (non-hydrogen) atoms. The Bertz CT molecular complexity index is 309. The fraction of sp³-hybridized carbons (Fsp3) is 0.846. The lowest BCUT2D eigenvalue weighted by molar-refractivity contribution is -0.141. The number of amides is 2. The lowest BCUT2D eigenvalue weighted by Crippen LogP contribution is -2.41. The Hall–Kier alpha value is -1.30. The first kappa shape index (κ1) is 15.8. The molecule has 0 aromatic carbocycles. The number of carboxylic acid groups (broad SMARTS) is 1. The summed E-state index contributed by atoms with van der Waals surface area (Å²) in [5.41, 5.74) is 0. The van der Waals surface area contributed by atoms with Gasteiger partial charge < -0.3 is 20.5 Å². The van der Waals surface area contributed by atoms with E-state index in [1.165, 1.54) is 0 Å². The van der Waals surface area contributed by atoms with Gasteiger partial charge in [-0.15, -0.1) is 0 Å². The summed E-state index contributed by atoms with van der Waals surface area (Å²) >= 11 is 0. The van der Waals surface area contributed by atoms with Crippen LogP contribution in [0.3, 0.4) is 0 Å². The van der Waals surface area contributed by atoms with Gasteiger partial charge in [0, 0.05) is 19.7 Å². The van der Waals surface area contributed by atoms with Gasteiger partial charge in [0.05, 0.1) is 12.0 Å². The number of aliphatic carboxylic acids is 1. The molecule has 0 aromatic heterocycles. The Labute approximate surface area is 113 Å². The summed E-state index contributed by atoms with van der Waals surface area (Å²) in [4.78, 5) is 22.2. The number of carbonyl (C=O) groups is 2. The zero-order valence-electron chi connectivity index (χ0n) is 11.6. The molecule has 6 nitrogen and oxygen atoms in total. The van der Waals surface area contributed by atoms with Crippen LogP contribution in [0.1, 0.15) is 39.0 Å². The molecular formula is C13H24N2O4. The van der Waals surface area contributed by atoms with E-state index in [9.17, 15) is 9.59 Å². The van der Waals surface area contributed by atoms with Gasteiger partial charge in [0.2, 0.25) is 0 Å². The van der Waals surface area contributed by atoms with E-state index >= 15 is 0 Å². The number of urea groups is 1. The van der Waals surface area contributed by atoms with Crippen LogP contribution >= 0.6 is 0 Å². The number of rotatable bonds is 7. The second-order valence-electron chi connectivity index (χ2n) is 5.15. The third-order valence-corrected chi connectivity index (χ3v) is 3.57. The molecular weight excluding hydrogens is 248 g/mol. The van der Waals surface area contributed by atoms with Gasteiger partial charge in [0.25, 0.3) is 0 Å².